The maximum Gasteiger partial charge on any atom is 0.239 e. The number of rotatable bonds is 3. The van der Waals surface area contributed by atoms with Crippen molar-refractivity contribution in [1.29, 1.82) is 0 Å². The van der Waals surface area contributed by atoms with Crippen LogP contribution in [0, 0.1) is 6.92 Å². The van der Waals surface area contributed by atoms with Gasteiger partial charge in [-0.05, 0) is 6.92 Å². The van der Waals surface area contributed by atoms with E-state index in [1.54, 1.807) is 0 Å². The number of nitrogens with two attached hydrogens (primary N) is 1. The van der Waals surface area contributed by atoms with Crippen molar-refractivity contribution < 1.29 is 14.7 Å². The molecule has 0 saturated carbocycles. The van der Waals surface area contributed by atoms with Gasteiger partial charge in [0.1, 0.15) is 6.54 Å². The maximum absolute atomic E-state index is 10.5. The van der Waals surface area contributed by atoms with E-state index in [4.69, 9.17) is 5.73 Å². The van der Waals surface area contributed by atoms with Gasteiger partial charge >= 0.3 is 0 Å². The van der Waals surface area contributed by atoms with Crippen LogP contribution in [0.25, 0.3) is 0 Å². The smallest absolute Gasteiger partial charge is 0.239 e. The zero-order chi connectivity index (χ0) is 10.0. The molecule has 70 valence electrons. The van der Waals surface area contributed by atoms with E-state index in [0.29, 0.717) is 12.0 Å². The van der Waals surface area contributed by atoms with Gasteiger partial charge in [-0.3, -0.25) is 14.3 Å². The van der Waals surface area contributed by atoms with Gasteiger partial charge in [0.25, 0.3) is 0 Å². The first-order valence-corrected chi connectivity index (χ1v) is 3.56. The number of primary amides is 1. The first-order valence-electron chi connectivity index (χ1n) is 3.56. The van der Waals surface area contributed by atoms with Crippen LogP contribution in [0.2, 0.25) is 0 Å². The Balaban J connectivity index is 3.09. The second-order valence-electron chi connectivity index (χ2n) is 2.56. The van der Waals surface area contributed by atoms with E-state index in [1.807, 2.05) is 0 Å². The molecule has 13 heavy (non-hydrogen) atoms. The Bertz CT molecular complexity index is 356. The zero-order valence-electron chi connectivity index (χ0n) is 7.02. The van der Waals surface area contributed by atoms with Crippen LogP contribution in [0.4, 0.5) is 0 Å². The van der Waals surface area contributed by atoms with E-state index >= 15 is 0 Å². The summed E-state index contributed by atoms with van der Waals surface area (Å²) in [6.45, 7) is 1.39. The zero-order valence-corrected chi connectivity index (χ0v) is 7.02. The summed E-state index contributed by atoms with van der Waals surface area (Å²) in [4.78, 5) is 20.8. The second-order valence-corrected chi connectivity index (χ2v) is 2.56. The average Bonchev–Trinajstić information content (AvgIpc) is 2.32. The minimum atomic E-state index is -0.581. The number of aromatic hydroxyl groups is 1. The molecule has 0 radical (unpaired) electrons. The summed E-state index contributed by atoms with van der Waals surface area (Å²) in [6.07, 6.45) is 0.416. The predicted octanol–water partition coefficient (Wildman–Crippen LogP) is -0.805. The summed E-state index contributed by atoms with van der Waals surface area (Å²) >= 11 is 0. The maximum atomic E-state index is 10.5. The van der Waals surface area contributed by atoms with Crippen LogP contribution in [0.5, 0.6) is 5.75 Å². The molecule has 0 aromatic carbocycles. The van der Waals surface area contributed by atoms with Crippen molar-refractivity contribution in [2.45, 2.75) is 13.5 Å². The van der Waals surface area contributed by atoms with Gasteiger partial charge in [-0.15, -0.1) is 0 Å². The molecule has 1 amide bonds. The summed E-state index contributed by atoms with van der Waals surface area (Å²) in [5.41, 5.74) is 5.19. The lowest BCUT2D eigenvalue weighted by molar-refractivity contribution is -0.118. The van der Waals surface area contributed by atoms with E-state index in [9.17, 15) is 14.7 Å². The number of carbonyl (C=O) groups excluding carboxylic acids is 2. The fraction of sp³-hybridized carbons (Fsp3) is 0.286. The van der Waals surface area contributed by atoms with Crippen LogP contribution < -0.4 is 5.73 Å². The molecule has 1 aromatic heterocycles. The van der Waals surface area contributed by atoms with Gasteiger partial charge in [-0.25, -0.2) is 0 Å². The third-order valence-corrected chi connectivity index (χ3v) is 1.62. The Morgan fingerprint density at radius 1 is 1.77 bits per heavy atom. The van der Waals surface area contributed by atoms with Crippen molar-refractivity contribution in [3.05, 3.63) is 11.4 Å². The number of hydrogen-bond donors (Lipinski definition) is 2. The molecule has 1 aromatic rings. The molecule has 0 bridgehead atoms. The van der Waals surface area contributed by atoms with E-state index in [-0.39, 0.29) is 18.0 Å². The Morgan fingerprint density at radius 2 is 2.38 bits per heavy atom. The Labute approximate surface area is 74.0 Å². The average molecular weight is 183 g/mol. The van der Waals surface area contributed by atoms with Crippen LogP contribution in [-0.2, 0) is 11.3 Å². The molecule has 3 N–H and O–H groups in total. The van der Waals surface area contributed by atoms with Crippen molar-refractivity contribution >= 4 is 12.2 Å². The third kappa shape index (κ3) is 1.66. The highest BCUT2D eigenvalue weighted by Gasteiger charge is 2.13. The summed E-state index contributed by atoms with van der Waals surface area (Å²) in [7, 11) is 0. The molecule has 6 heteroatoms. The number of aldehydes is 1. The molecular formula is C7H9N3O3. The van der Waals surface area contributed by atoms with Crippen molar-refractivity contribution in [3.8, 4) is 5.75 Å². The van der Waals surface area contributed by atoms with E-state index in [1.165, 1.54) is 11.6 Å². The van der Waals surface area contributed by atoms with Crippen LogP contribution in [0.3, 0.4) is 0 Å². The van der Waals surface area contributed by atoms with Crippen LogP contribution in [0.1, 0.15) is 16.2 Å². The Hall–Kier alpha value is -1.85. The van der Waals surface area contributed by atoms with Crippen LogP contribution in [-0.4, -0.2) is 27.1 Å². The lowest BCUT2D eigenvalue weighted by atomic mass is 10.3. The number of hydrogen-bond acceptors (Lipinski definition) is 4. The normalized spacial score (nSPS) is 9.92. The van der Waals surface area contributed by atoms with Crippen LogP contribution in [0.15, 0.2) is 0 Å². The molecule has 0 aliphatic heterocycles. The van der Waals surface area contributed by atoms with Gasteiger partial charge in [0.2, 0.25) is 5.91 Å². The van der Waals surface area contributed by atoms with Gasteiger partial charge in [0.05, 0.1) is 5.69 Å². The molecule has 0 spiro atoms. The van der Waals surface area contributed by atoms with Gasteiger partial charge < -0.3 is 10.8 Å². The largest absolute Gasteiger partial charge is 0.504 e. The second kappa shape index (κ2) is 3.26. The molecule has 0 unspecified atom stereocenters. The SMILES string of the molecule is Cc1c(O)c(C=O)nn1CC(N)=O. The summed E-state index contributed by atoms with van der Waals surface area (Å²) in [6, 6.07) is 0. The molecular weight excluding hydrogens is 174 g/mol. The van der Waals surface area contributed by atoms with Crippen LogP contribution >= 0.6 is 0 Å². The van der Waals surface area contributed by atoms with Gasteiger partial charge in [0, 0.05) is 0 Å². The lowest BCUT2D eigenvalue weighted by Crippen LogP contribution is -2.20. The van der Waals surface area contributed by atoms with E-state index < -0.39 is 5.91 Å². The van der Waals surface area contributed by atoms with Gasteiger partial charge in [-0.2, -0.15) is 5.10 Å². The molecule has 0 atom stereocenters. The monoisotopic (exact) mass is 183 g/mol. The van der Waals surface area contributed by atoms with Gasteiger partial charge in [-0.1, -0.05) is 0 Å². The third-order valence-electron chi connectivity index (χ3n) is 1.62. The lowest BCUT2D eigenvalue weighted by Gasteiger charge is -1.98. The fourth-order valence-electron chi connectivity index (χ4n) is 0.941. The predicted molar refractivity (Wildman–Crippen MR) is 43.2 cm³/mol. The highest BCUT2D eigenvalue weighted by Crippen LogP contribution is 2.18. The quantitative estimate of drug-likeness (QED) is 0.599. The molecule has 0 aliphatic carbocycles. The Kier molecular flexibility index (Phi) is 2.32. The summed E-state index contributed by atoms with van der Waals surface area (Å²) in [5, 5.41) is 12.9. The summed E-state index contributed by atoms with van der Waals surface area (Å²) in [5.74, 6) is -0.792. The standard InChI is InChI=1S/C7H9N3O3/c1-4-7(13)5(3-11)9-10(4)2-6(8)12/h3,13H,2H2,1H3,(H2,8,12). The number of carbonyl (C=O) groups is 2. The number of aromatic nitrogens is 2. The molecule has 0 fully saturated rings. The molecule has 1 rings (SSSR count). The van der Waals surface area contributed by atoms with E-state index in [2.05, 4.69) is 5.10 Å². The Morgan fingerprint density at radius 3 is 2.77 bits per heavy atom. The minimum Gasteiger partial charge on any atom is -0.504 e. The topological polar surface area (TPSA) is 98.2 Å². The highest BCUT2D eigenvalue weighted by molar-refractivity contribution is 5.77. The number of nitrogens with zero attached hydrogens (tertiary/aromatic N) is 2. The van der Waals surface area contributed by atoms with Crippen molar-refractivity contribution in [2.24, 2.45) is 5.73 Å². The molecule has 0 saturated heterocycles. The first-order chi connectivity index (χ1) is 6.06. The minimum absolute atomic E-state index is 0.0845. The molecule has 0 aliphatic rings. The molecule has 1 heterocycles. The van der Waals surface area contributed by atoms with Crippen molar-refractivity contribution in [3.63, 3.8) is 0 Å². The highest BCUT2D eigenvalue weighted by atomic mass is 16.3. The number of amides is 1. The van der Waals surface area contributed by atoms with Gasteiger partial charge in [0.15, 0.2) is 17.7 Å². The molecule has 6 nitrogen and oxygen atoms in total. The van der Waals surface area contributed by atoms with Crippen molar-refractivity contribution in [2.75, 3.05) is 0 Å². The van der Waals surface area contributed by atoms with Crippen molar-refractivity contribution in [1.82, 2.24) is 9.78 Å². The first kappa shape index (κ1) is 9.24. The van der Waals surface area contributed by atoms with E-state index in [0.717, 1.165) is 0 Å². The summed E-state index contributed by atoms with van der Waals surface area (Å²) < 4.78 is 1.18. The fourth-order valence-corrected chi connectivity index (χ4v) is 0.941.